The van der Waals surface area contributed by atoms with Crippen LogP contribution >= 0.6 is 0 Å². The molecule has 1 fully saturated rings. The molecule has 2 rings (SSSR count). The molecule has 0 aliphatic carbocycles. The number of rotatable bonds is 3. The first-order valence-corrected chi connectivity index (χ1v) is 6.85. The molecule has 1 aromatic rings. The van der Waals surface area contributed by atoms with E-state index in [0.717, 1.165) is 31.4 Å². The zero-order valence-corrected chi connectivity index (χ0v) is 11.6. The number of amides is 1. The fraction of sp³-hybridized carbons (Fsp3) is 0.375. The molecular formula is C16H19NO3. The summed E-state index contributed by atoms with van der Waals surface area (Å²) in [6.07, 6.45) is 6.62. The second-order valence-corrected chi connectivity index (χ2v) is 4.83. The Morgan fingerprint density at radius 3 is 2.95 bits per heavy atom. The maximum Gasteiger partial charge on any atom is 0.338 e. The van der Waals surface area contributed by atoms with Gasteiger partial charge in [-0.15, -0.1) is 0 Å². The minimum Gasteiger partial charge on any atom is -0.465 e. The third-order valence-electron chi connectivity index (χ3n) is 3.45. The van der Waals surface area contributed by atoms with Gasteiger partial charge in [-0.05, 0) is 24.5 Å². The molecule has 1 atom stereocenters. The first kappa shape index (κ1) is 14.3. The maximum absolute atomic E-state index is 11.9. The van der Waals surface area contributed by atoms with Gasteiger partial charge in [0, 0.05) is 6.54 Å². The Morgan fingerprint density at radius 2 is 2.15 bits per heavy atom. The molecule has 0 aromatic heterocycles. The van der Waals surface area contributed by atoms with Crippen LogP contribution in [0.5, 0.6) is 0 Å². The summed E-state index contributed by atoms with van der Waals surface area (Å²) in [4.78, 5) is 23.5. The molecule has 0 radical (unpaired) electrons. The molecular weight excluding hydrogens is 254 g/mol. The minimum atomic E-state index is -0.365. The second-order valence-electron chi connectivity index (χ2n) is 4.83. The Hall–Kier alpha value is -2.10. The van der Waals surface area contributed by atoms with Crippen LogP contribution in [0.25, 0.3) is 6.08 Å². The summed E-state index contributed by atoms with van der Waals surface area (Å²) in [7, 11) is 1.36. The van der Waals surface area contributed by atoms with Crippen LogP contribution in [0.3, 0.4) is 0 Å². The van der Waals surface area contributed by atoms with Crippen LogP contribution in [0, 0.1) is 5.92 Å². The maximum atomic E-state index is 11.9. The zero-order valence-electron chi connectivity index (χ0n) is 11.6. The first-order chi connectivity index (χ1) is 9.72. The lowest BCUT2D eigenvalue weighted by Gasteiger charge is -2.08. The Balaban J connectivity index is 2.18. The largest absolute Gasteiger partial charge is 0.465 e. The van der Waals surface area contributed by atoms with Crippen molar-refractivity contribution in [1.29, 1.82) is 0 Å². The summed E-state index contributed by atoms with van der Waals surface area (Å²) in [5.74, 6) is -0.423. The molecule has 1 unspecified atom stereocenters. The van der Waals surface area contributed by atoms with Crippen LogP contribution in [0.15, 0.2) is 30.3 Å². The van der Waals surface area contributed by atoms with E-state index in [1.54, 1.807) is 12.1 Å². The highest BCUT2D eigenvalue weighted by Crippen LogP contribution is 2.18. The summed E-state index contributed by atoms with van der Waals surface area (Å²) in [6, 6.07) is 7.22. The highest BCUT2D eigenvalue weighted by atomic mass is 16.5. The van der Waals surface area contributed by atoms with Gasteiger partial charge in [-0.1, -0.05) is 36.8 Å². The molecule has 0 spiro atoms. The van der Waals surface area contributed by atoms with Crippen LogP contribution in [-0.2, 0) is 9.53 Å². The Labute approximate surface area is 118 Å². The van der Waals surface area contributed by atoms with Gasteiger partial charge in [0.2, 0.25) is 5.91 Å². The summed E-state index contributed by atoms with van der Waals surface area (Å²) in [5.41, 5.74) is 1.29. The van der Waals surface area contributed by atoms with Gasteiger partial charge in [0.25, 0.3) is 0 Å². The molecule has 20 heavy (non-hydrogen) atoms. The van der Waals surface area contributed by atoms with E-state index in [0.29, 0.717) is 5.56 Å². The van der Waals surface area contributed by atoms with Crippen molar-refractivity contribution in [2.45, 2.75) is 19.3 Å². The van der Waals surface area contributed by atoms with E-state index in [9.17, 15) is 9.59 Å². The van der Waals surface area contributed by atoms with E-state index < -0.39 is 0 Å². The highest BCUT2D eigenvalue weighted by Gasteiger charge is 2.18. The Kier molecular flexibility index (Phi) is 4.93. The normalized spacial score (nSPS) is 19.4. The van der Waals surface area contributed by atoms with Crippen molar-refractivity contribution in [2.24, 2.45) is 5.92 Å². The number of hydrogen-bond donors (Lipinski definition) is 1. The molecule has 0 saturated carbocycles. The Bertz CT molecular complexity index is 522. The first-order valence-electron chi connectivity index (χ1n) is 6.85. The summed E-state index contributed by atoms with van der Waals surface area (Å²) >= 11 is 0. The van der Waals surface area contributed by atoms with E-state index in [1.807, 2.05) is 24.3 Å². The van der Waals surface area contributed by atoms with Crippen molar-refractivity contribution in [3.05, 3.63) is 41.5 Å². The van der Waals surface area contributed by atoms with E-state index in [2.05, 4.69) is 5.32 Å². The van der Waals surface area contributed by atoms with Crippen LogP contribution in [0.1, 0.15) is 35.2 Å². The SMILES string of the molecule is COC(=O)c1ccccc1C=CC1CCCCNC1=O. The quantitative estimate of drug-likeness (QED) is 0.860. The third kappa shape index (κ3) is 3.47. The topological polar surface area (TPSA) is 55.4 Å². The summed E-state index contributed by atoms with van der Waals surface area (Å²) in [6.45, 7) is 0.752. The highest BCUT2D eigenvalue weighted by molar-refractivity contribution is 5.93. The number of carbonyl (C=O) groups excluding carboxylic acids is 2. The van der Waals surface area contributed by atoms with Crippen molar-refractivity contribution in [1.82, 2.24) is 5.32 Å². The van der Waals surface area contributed by atoms with Crippen molar-refractivity contribution >= 4 is 18.0 Å². The van der Waals surface area contributed by atoms with Gasteiger partial charge in [0.1, 0.15) is 0 Å². The van der Waals surface area contributed by atoms with Gasteiger partial charge in [0.05, 0.1) is 18.6 Å². The molecule has 1 aliphatic heterocycles. The Morgan fingerprint density at radius 1 is 1.35 bits per heavy atom. The zero-order chi connectivity index (χ0) is 14.4. The van der Waals surface area contributed by atoms with Crippen LogP contribution in [0.2, 0.25) is 0 Å². The number of nitrogens with one attached hydrogen (secondary N) is 1. The molecule has 1 saturated heterocycles. The lowest BCUT2D eigenvalue weighted by Crippen LogP contribution is -2.27. The number of ether oxygens (including phenoxy) is 1. The average Bonchev–Trinajstić information content (AvgIpc) is 2.69. The predicted molar refractivity (Wildman–Crippen MR) is 77.2 cm³/mol. The lowest BCUT2D eigenvalue weighted by atomic mass is 9.99. The number of methoxy groups -OCH3 is 1. The minimum absolute atomic E-state index is 0.0642. The molecule has 4 nitrogen and oxygen atoms in total. The standard InChI is InChI=1S/C16H19NO3/c1-20-16(19)14-8-3-2-6-12(14)9-10-13-7-4-5-11-17-15(13)18/h2-3,6,8-10,13H,4-5,7,11H2,1H3,(H,17,18). The molecule has 0 bridgehead atoms. The predicted octanol–water partition coefficient (Wildman–Crippen LogP) is 2.40. The van der Waals surface area contributed by atoms with E-state index in [-0.39, 0.29) is 17.8 Å². The third-order valence-corrected chi connectivity index (χ3v) is 3.45. The average molecular weight is 273 g/mol. The van der Waals surface area contributed by atoms with Gasteiger partial charge in [-0.2, -0.15) is 0 Å². The van der Waals surface area contributed by atoms with Crippen LogP contribution in [0.4, 0.5) is 0 Å². The smallest absolute Gasteiger partial charge is 0.338 e. The van der Waals surface area contributed by atoms with Crippen molar-refractivity contribution < 1.29 is 14.3 Å². The van der Waals surface area contributed by atoms with Gasteiger partial charge in [-0.25, -0.2) is 4.79 Å². The van der Waals surface area contributed by atoms with Gasteiger partial charge in [0.15, 0.2) is 0 Å². The second kappa shape index (κ2) is 6.89. The number of esters is 1. The van der Waals surface area contributed by atoms with Crippen LogP contribution in [-0.4, -0.2) is 25.5 Å². The molecule has 1 aromatic carbocycles. The monoisotopic (exact) mass is 273 g/mol. The van der Waals surface area contributed by atoms with Gasteiger partial charge < -0.3 is 10.1 Å². The van der Waals surface area contributed by atoms with Crippen molar-refractivity contribution in [3.63, 3.8) is 0 Å². The van der Waals surface area contributed by atoms with Gasteiger partial charge >= 0.3 is 5.97 Å². The number of carbonyl (C=O) groups is 2. The van der Waals surface area contributed by atoms with Crippen molar-refractivity contribution in [3.8, 4) is 0 Å². The molecule has 1 amide bonds. The molecule has 1 N–H and O–H groups in total. The van der Waals surface area contributed by atoms with Crippen LogP contribution < -0.4 is 5.32 Å². The summed E-state index contributed by atoms with van der Waals surface area (Å²) < 4.78 is 4.76. The van der Waals surface area contributed by atoms with E-state index in [4.69, 9.17) is 4.74 Å². The lowest BCUT2D eigenvalue weighted by molar-refractivity contribution is -0.123. The molecule has 4 heteroatoms. The molecule has 106 valence electrons. The molecule has 1 aliphatic rings. The van der Waals surface area contributed by atoms with Crippen molar-refractivity contribution in [2.75, 3.05) is 13.7 Å². The van der Waals surface area contributed by atoms with E-state index in [1.165, 1.54) is 7.11 Å². The fourth-order valence-electron chi connectivity index (χ4n) is 2.30. The number of benzene rings is 1. The molecule has 1 heterocycles. The fourth-order valence-corrected chi connectivity index (χ4v) is 2.30. The van der Waals surface area contributed by atoms with E-state index >= 15 is 0 Å². The summed E-state index contributed by atoms with van der Waals surface area (Å²) in [5, 5.41) is 2.90. The van der Waals surface area contributed by atoms with Gasteiger partial charge in [-0.3, -0.25) is 4.79 Å². The number of hydrogen-bond acceptors (Lipinski definition) is 3.